The molecule has 0 unspecified atom stereocenters. The molecule has 0 aliphatic heterocycles. The van der Waals surface area contributed by atoms with E-state index in [0.29, 0.717) is 12.8 Å². The highest BCUT2D eigenvalue weighted by atomic mass is 16.1. The van der Waals surface area contributed by atoms with Gasteiger partial charge in [0.15, 0.2) is 11.6 Å². The van der Waals surface area contributed by atoms with Crippen molar-refractivity contribution in [2.75, 3.05) is 0 Å². The van der Waals surface area contributed by atoms with Crippen LogP contribution in [-0.4, -0.2) is 11.6 Å². The van der Waals surface area contributed by atoms with Crippen LogP contribution in [0.4, 0.5) is 0 Å². The van der Waals surface area contributed by atoms with E-state index < -0.39 is 0 Å². The van der Waals surface area contributed by atoms with Gasteiger partial charge in [0.25, 0.3) is 0 Å². The van der Waals surface area contributed by atoms with Crippen molar-refractivity contribution in [1.82, 2.24) is 0 Å². The summed E-state index contributed by atoms with van der Waals surface area (Å²) in [6.45, 7) is 0. The normalized spacial score (nSPS) is 24.0. The van der Waals surface area contributed by atoms with Crippen LogP contribution in [0.3, 0.4) is 0 Å². The minimum Gasteiger partial charge on any atom is -0.295 e. The van der Waals surface area contributed by atoms with E-state index in [0.717, 1.165) is 48.0 Å². The molecule has 0 amide bonds. The number of rotatable bonds is 0. The van der Waals surface area contributed by atoms with Gasteiger partial charge in [-0.25, -0.2) is 0 Å². The lowest BCUT2D eigenvalue weighted by Gasteiger charge is -2.07. The lowest BCUT2D eigenvalue weighted by Crippen LogP contribution is -2.02. The third-order valence-corrected chi connectivity index (χ3v) is 3.92. The Balaban J connectivity index is 2.12. The Morgan fingerprint density at radius 1 is 0.722 bits per heavy atom. The lowest BCUT2D eigenvalue weighted by molar-refractivity contribution is -0.115. The summed E-state index contributed by atoms with van der Waals surface area (Å²) in [4.78, 5) is 24.1. The van der Waals surface area contributed by atoms with Crippen molar-refractivity contribution in [3.8, 4) is 0 Å². The molecular formula is C16H16O2. The molecule has 1 fully saturated rings. The van der Waals surface area contributed by atoms with Crippen LogP contribution in [0.1, 0.15) is 54.4 Å². The number of hydrogen-bond acceptors (Lipinski definition) is 2. The SMILES string of the molecule is O=C1CCCCC/C1=C1\CC(=O)c2ccccc21. The Labute approximate surface area is 107 Å². The zero-order chi connectivity index (χ0) is 12.5. The summed E-state index contributed by atoms with van der Waals surface area (Å²) in [5.74, 6) is 0.414. The van der Waals surface area contributed by atoms with Gasteiger partial charge in [-0.2, -0.15) is 0 Å². The molecule has 2 nitrogen and oxygen atoms in total. The molecule has 18 heavy (non-hydrogen) atoms. The van der Waals surface area contributed by atoms with Crippen LogP contribution in [0.25, 0.3) is 5.57 Å². The predicted octanol–water partition coefficient (Wildman–Crippen LogP) is 3.56. The Morgan fingerprint density at radius 2 is 1.44 bits per heavy atom. The van der Waals surface area contributed by atoms with Crippen molar-refractivity contribution in [2.24, 2.45) is 0 Å². The zero-order valence-electron chi connectivity index (χ0n) is 10.4. The van der Waals surface area contributed by atoms with E-state index in [1.165, 1.54) is 0 Å². The standard InChI is InChI=1S/C16H16O2/c17-15-9-3-1-2-7-13(15)14-10-16(18)12-8-5-4-6-11(12)14/h4-6,8H,1-3,7,9-10H2/b14-13-. The Hall–Kier alpha value is -1.70. The molecule has 0 bridgehead atoms. The summed E-state index contributed by atoms with van der Waals surface area (Å²) < 4.78 is 0. The van der Waals surface area contributed by atoms with Gasteiger partial charge in [0.1, 0.15) is 0 Å². The molecule has 0 saturated heterocycles. The molecule has 92 valence electrons. The molecule has 1 aromatic carbocycles. The quantitative estimate of drug-likeness (QED) is 0.513. The molecule has 0 heterocycles. The number of carbonyl (C=O) groups excluding carboxylic acids is 2. The van der Waals surface area contributed by atoms with Crippen LogP contribution < -0.4 is 0 Å². The molecule has 2 aliphatic rings. The Bertz CT molecular complexity index is 552. The highest BCUT2D eigenvalue weighted by molar-refractivity contribution is 6.16. The first-order chi connectivity index (χ1) is 8.77. The van der Waals surface area contributed by atoms with Crippen molar-refractivity contribution in [3.05, 3.63) is 41.0 Å². The number of fused-ring (bicyclic) bond motifs is 1. The number of allylic oxidation sites excluding steroid dienone is 2. The minimum atomic E-state index is 0.158. The van der Waals surface area contributed by atoms with E-state index in [4.69, 9.17) is 0 Å². The van der Waals surface area contributed by atoms with Crippen LogP contribution >= 0.6 is 0 Å². The summed E-state index contributed by atoms with van der Waals surface area (Å²) in [6, 6.07) is 7.67. The van der Waals surface area contributed by atoms with Crippen LogP contribution in [-0.2, 0) is 4.79 Å². The number of hydrogen-bond donors (Lipinski definition) is 0. The van der Waals surface area contributed by atoms with Crippen LogP contribution in [0.2, 0.25) is 0 Å². The second kappa shape index (κ2) is 4.52. The fourth-order valence-corrected chi connectivity index (χ4v) is 2.98. The minimum absolute atomic E-state index is 0.158. The number of Topliss-reactive ketones (excluding diaryl/α,β-unsaturated/α-hetero) is 2. The van der Waals surface area contributed by atoms with Gasteiger partial charge < -0.3 is 0 Å². The van der Waals surface area contributed by atoms with Gasteiger partial charge in [-0.1, -0.05) is 30.7 Å². The smallest absolute Gasteiger partial charge is 0.167 e. The van der Waals surface area contributed by atoms with Crippen molar-refractivity contribution in [3.63, 3.8) is 0 Å². The van der Waals surface area contributed by atoms with Crippen molar-refractivity contribution < 1.29 is 9.59 Å². The zero-order valence-corrected chi connectivity index (χ0v) is 10.4. The number of benzene rings is 1. The van der Waals surface area contributed by atoms with Gasteiger partial charge in [0.05, 0.1) is 0 Å². The van der Waals surface area contributed by atoms with Crippen LogP contribution in [0, 0.1) is 0 Å². The molecule has 3 rings (SSSR count). The van der Waals surface area contributed by atoms with Gasteiger partial charge in [0, 0.05) is 18.4 Å². The van der Waals surface area contributed by atoms with E-state index >= 15 is 0 Å². The van der Waals surface area contributed by atoms with E-state index in [1.807, 2.05) is 24.3 Å². The molecule has 2 heteroatoms. The van der Waals surface area contributed by atoms with E-state index in [9.17, 15) is 9.59 Å². The summed E-state index contributed by atoms with van der Waals surface area (Å²) in [7, 11) is 0. The fraction of sp³-hybridized carbons (Fsp3) is 0.375. The van der Waals surface area contributed by atoms with Gasteiger partial charge in [-0.3, -0.25) is 9.59 Å². The summed E-state index contributed by atoms with van der Waals surface area (Å²) in [6.07, 6.45) is 5.09. The largest absolute Gasteiger partial charge is 0.295 e. The molecule has 0 aromatic heterocycles. The third-order valence-electron chi connectivity index (χ3n) is 3.92. The maximum Gasteiger partial charge on any atom is 0.167 e. The molecule has 0 spiro atoms. The van der Waals surface area contributed by atoms with Gasteiger partial charge in [-0.05, 0) is 36.0 Å². The van der Waals surface area contributed by atoms with Crippen molar-refractivity contribution in [2.45, 2.75) is 38.5 Å². The predicted molar refractivity (Wildman–Crippen MR) is 70.4 cm³/mol. The maximum atomic E-state index is 12.1. The van der Waals surface area contributed by atoms with Gasteiger partial charge in [-0.15, -0.1) is 0 Å². The summed E-state index contributed by atoms with van der Waals surface area (Å²) in [5.41, 5.74) is 3.71. The third kappa shape index (κ3) is 1.82. The van der Waals surface area contributed by atoms with E-state index in [1.54, 1.807) is 0 Å². The molecule has 2 aliphatic carbocycles. The van der Waals surface area contributed by atoms with Crippen LogP contribution in [0.15, 0.2) is 29.8 Å². The molecule has 0 atom stereocenters. The first-order valence-corrected chi connectivity index (χ1v) is 6.65. The molecule has 0 radical (unpaired) electrons. The molecular weight excluding hydrogens is 224 g/mol. The summed E-state index contributed by atoms with van der Waals surface area (Å²) >= 11 is 0. The summed E-state index contributed by atoms with van der Waals surface area (Å²) in [5, 5.41) is 0. The van der Waals surface area contributed by atoms with Gasteiger partial charge in [0.2, 0.25) is 0 Å². The average molecular weight is 240 g/mol. The van der Waals surface area contributed by atoms with Crippen LogP contribution in [0.5, 0.6) is 0 Å². The molecule has 1 saturated carbocycles. The first-order valence-electron chi connectivity index (χ1n) is 6.65. The second-order valence-corrected chi connectivity index (χ2v) is 5.09. The maximum absolute atomic E-state index is 12.1. The van der Waals surface area contributed by atoms with Crippen molar-refractivity contribution >= 4 is 17.1 Å². The van der Waals surface area contributed by atoms with E-state index in [-0.39, 0.29) is 11.6 Å². The Morgan fingerprint density at radius 3 is 2.28 bits per heavy atom. The topological polar surface area (TPSA) is 34.1 Å². The monoisotopic (exact) mass is 240 g/mol. The highest BCUT2D eigenvalue weighted by Crippen LogP contribution is 2.37. The fourth-order valence-electron chi connectivity index (χ4n) is 2.98. The number of carbonyl (C=O) groups is 2. The molecule has 0 N–H and O–H groups in total. The first kappa shape index (κ1) is 11.4. The van der Waals surface area contributed by atoms with E-state index in [2.05, 4.69) is 0 Å². The second-order valence-electron chi connectivity index (χ2n) is 5.09. The van der Waals surface area contributed by atoms with Gasteiger partial charge >= 0.3 is 0 Å². The molecule has 1 aromatic rings. The number of ketones is 2. The Kier molecular flexibility index (Phi) is 2.86. The van der Waals surface area contributed by atoms with Crippen molar-refractivity contribution in [1.29, 1.82) is 0 Å². The lowest BCUT2D eigenvalue weighted by atomic mass is 9.95. The average Bonchev–Trinajstić information content (AvgIpc) is 2.57. The highest BCUT2D eigenvalue weighted by Gasteiger charge is 2.28.